The zero-order valence-electron chi connectivity index (χ0n) is 15.2. The van der Waals surface area contributed by atoms with Crippen LogP contribution in [0.3, 0.4) is 0 Å². The number of rotatable bonds is 6. The van der Waals surface area contributed by atoms with Gasteiger partial charge in [-0.1, -0.05) is 66.7 Å². The molecule has 0 aromatic heterocycles. The van der Waals surface area contributed by atoms with Crippen molar-refractivity contribution in [3.8, 4) is 0 Å². The summed E-state index contributed by atoms with van der Waals surface area (Å²) in [5.41, 5.74) is 5.49. The number of hydrogen-bond acceptors (Lipinski definition) is 2. The first kappa shape index (κ1) is 17.9. The molecule has 3 nitrogen and oxygen atoms in total. The molecule has 0 saturated heterocycles. The highest BCUT2D eigenvalue weighted by Crippen LogP contribution is 2.21. The number of anilines is 1. The molecule has 0 fully saturated rings. The lowest BCUT2D eigenvalue weighted by Gasteiger charge is -2.20. The molecular formula is C23H24N2O. The summed E-state index contributed by atoms with van der Waals surface area (Å²) in [4.78, 5) is 12.4. The van der Waals surface area contributed by atoms with E-state index in [0.717, 1.165) is 16.8 Å². The molecule has 3 heteroatoms. The molecule has 3 aromatic carbocycles. The topological polar surface area (TPSA) is 41.1 Å². The molecule has 0 saturated carbocycles. The van der Waals surface area contributed by atoms with Crippen LogP contribution < -0.4 is 10.6 Å². The fraction of sp³-hybridized carbons (Fsp3) is 0.174. The number of benzene rings is 3. The van der Waals surface area contributed by atoms with Crippen LogP contribution in [0.5, 0.6) is 0 Å². The van der Waals surface area contributed by atoms with Crippen LogP contribution in [0.15, 0.2) is 78.9 Å². The molecule has 1 amide bonds. The molecule has 0 unspecified atom stereocenters. The molecule has 0 aliphatic heterocycles. The second-order valence-corrected chi connectivity index (χ2v) is 6.48. The Bertz CT molecular complexity index is 820. The first-order valence-electron chi connectivity index (χ1n) is 8.84. The fourth-order valence-electron chi connectivity index (χ4n) is 2.94. The van der Waals surface area contributed by atoms with Gasteiger partial charge in [0.15, 0.2) is 0 Å². The number of amides is 1. The molecule has 0 aliphatic rings. The van der Waals surface area contributed by atoms with E-state index >= 15 is 0 Å². The standard InChI is InChI=1S/C23H24N2O/c1-17-13-14-21(15-18(17)2)25-22(26)16-24-23(19-9-5-3-6-10-19)20-11-7-4-8-12-20/h3-15,23-24H,16H2,1-2H3,(H,25,26). The zero-order valence-corrected chi connectivity index (χ0v) is 15.2. The third-order valence-corrected chi connectivity index (χ3v) is 4.52. The Morgan fingerprint density at radius 3 is 1.92 bits per heavy atom. The van der Waals surface area contributed by atoms with Gasteiger partial charge in [-0.3, -0.25) is 10.1 Å². The van der Waals surface area contributed by atoms with Crippen LogP contribution >= 0.6 is 0 Å². The van der Waals surface area contributed by atoms with Crippen LogP contribution in [0.1, 0.15) is 28.3 Å². The second-order valence-electron chi connectivity index (χ2n) is 6.48. The molecule has 0 radical (unpaired) electrons. The third-order valence-electron chi connectivity index (χ3n) is 4.52. The largest absolute Gasteiger partial charge is 0.325 e. The van der Waals surface area contributed by atoms with Gasteiger partial charge in [0.05, 0.1) is 12.6 Å². The highest BCUT2D eigenvalue weighted by atomic mass is 16.1. The fourth-order valence-corrected chi connectivity index (χ4v) is 2.94. The van der Waals surface area contributed by atoms with Crippen molar-refractivity contribution >= 4 is 11.6 Å². The number of nitrogens with one attached hydrogen (secondary N) is 2. The van der Waals surface area contributed by atoms with Crippen LogP contribution in [0.4, 0.5) is 5.69 Å². The van der Waals surface area contributed by atoms with Crippen LogP contribution in [0, 0.1) is 13.8 Å². The maximum Gasteiger partial charge on any atom is 0.238 e. The summed E-state index contributed by atoms with van der Waals surface area (Å²) in [6, 6.07) is 26.3. The average Bonchev–Trinajstić information content (AvgIpc) is 2.67. The van der Waals surface area contributed by atoms with Crippen molar-refractivity contribution < 1.29 is 4.79 Å². The van der Waals surface area contributed by atoms with Gasteiger partial charge in [-0.05, 0) is 48.2 Å². The molecule has 3 rings (SSSR count). The Hall–Kier alpha value is -2.91. The van der Waals surface area contributed by atoms with Gasteiger partial charge in [0, 0.05) is 5.69 Å². The number of aryl methyl sites for hydroxylation is 2. The highest BCUT2D eigenvalue weighted by molar-refractivity contribution is 5.92. The molecule has 0 atom stereocenters. The van der Waals surface area contributed by atoms with Crippen LogP contribution in [-0.4, -0.2) is 12.5 Å². The van der Waals surface area contributed by atoms with Gasteiger partial charge in [-0.15, -0.1) is 0 Å². The molecule has 2 N–H and O–H groups in total. The number of carbonyl (C=O) groups is 1. The lowest BCUT2D eigenvalue weighted by molar-refractivity contribution is -0.115. The Balaban J connectivity index is 1.69. The van der Waals surface area contributed by atoms with E-state index in [4.69, 9.17) is 0 Å². The van der Waals surface area contributed by atoms with E-state index < -0.39 is 0 Å². The van der Waals surface area contributed by atoms with Gasteiger partial charge in [-0.2, -0.15) is 0 Å². The highest BCUT2D eigenvalue weighted by Gasteiger charge is 2.14. The smallest absolute Gasteiger partial charge is 0.238 e. The van der Waals surface area contributed by atoms with Gasteiger partial charge in [0.2, 0.25) is 5.91 Å². The van der Waals surface area contributed by atoms with E-state index in [2.05, 4.69) is 41.8 Å². The van der Waals surface area contributed by atoms with E-state index in [1.807, 2.05) is 61.5 Å². The second kappa shape index (κ2) is 8.45. The first-order valence-corrected chi connectivity index (χ1v) is 8.84. The summed E-state index contributed by atoms with van der Waals surface area (Å²) >= 11 is 0. The summed E-state index contributed by atoms with van der Waals surface area (Å²) in [5, 5.41) is 6.35. The SMILES string of the molecule is Cc1ccc(NC(=O)CNC(c2ccccc2)c2ccccc2)cc1C. The van der Waals surface area contributed by atoms with E-state index in [1.165, 1.54) is 11.1 Å². The Kier molecular flexibility index (Phi) is 5.82. The lowest BCUT2D eigenvalue weighted by Crippen LogP contribution is -2.31. The minimum absolute atomic E-state index is 0.0251. The third kappa shape index (κ3) is 4.58. The molecular weight excluding hydrogens is 320 g/mol. The van der Waals surface area contributed by atoms with Crippen LogP contribution in [0.2, 0.25) is 0 Å². The Labute approximate surface area is 155 Å². The van der Waals surface area contributed by atoms with E-state index in [1.54, 1.807) is 0 Å². The van der Waals surface area contributed by atoms with Gasteiger partial charge >= 0.3 is 0 Å². The average molecular weight is 344 g/mol. The predicted octanol–water partition coefficient (Wildman–Crippen LogP) is 4.62. The Morgan fingerprint density at radius 1 is 0.808 bits per heavy atom. The summed E-state index contributed by atoms with van der Waals surface area (Å²) in [6.07, 6.45) is 0. The first-order chi connectivity index (χ1) is 12.6. The predicted molar refractivity (Wildman–Crippen MR) is 107 cm³/mol. The molecule has 0 aliphatic carbocycles. The van der Waals surface area contributed by atoms with Crippen molar-refractivity contribution in [3.05, 3.63) is 101 Å². The molecule has 132 valence electrons. The van der Waals surface area contributed by atoms with Gasteiger partial charge in [-0.25, -0.2) is 0 Å². The minimum atomic E-state index is -0.0508. The summed E-state index contributed by atoms with van der Waals surface area (Å²) in [6.45, 7) is 4.35. The van der Waals surface area contributed by atoms with Crippen molar-refractivity contribution in [1.82, 2.24) is 5.32 Å². The van der Waals surface area contributed by atoms with E-state index in [0.29, 0.717) is 0 Å². The van der Waals surface area contributed by atoms with Crippen molar-refractivity contribution in [2.24, 2.45) is 0 Å². The van der Waals surface area contributed by atoms with Gasteiger partial charge in [0.25, 0.3) is 0 Å². The van der Waals surface area contributed by atoms with Crippen molar-refractivity contribution in [2.75, 3.05) is 11.9 Å². The van der Waals surface area contributed by atoms with Crippen molar-refractivity contribution in [3.63, 3.8) is 0 Å². The zero-order chi connectivity index (χ0) is 18.4. The normalized spacial score (nSPS) is 10.7. The quantitative estimate of drug-likeness (QED) is 0.685. The molecule has 0 bridgehead atoms. The summed E-state index contributed by atoms with van der Waals surface area (Å²) in [5.74, 6) is -0.0508. The molecule has 0 heterocycles. The van der Waals surface area contributed by atoms with Gasteiger partial charge < -0.3 is 5.32 Å². The summed E-state index contributed by atoms with van der Waals surface area (Å²) < 4.78 is 0. The Morgan fingerprint density at radius 2 is 1.38 bits per heavy atom. The number of hydrogen-bond donors (Lipinski definition) is 2. The number of carbonyl (C=O) groups excluding carboxylic acids is 1. The van der Waals surface area contributed by atoms with Gasteiger partial charge in [0.1, 0.15) is 0 Å². The summed E-state index contributed by atoms with van der Waals surface area (Å²) in [7, 11) is 0. The van der Waals surface area contributed by atoms with E-state index in [9.17, 15) is 4.79 Å². The van der Waals surface area contributed by atoms with Crippen molar-refractivity contribution in [1.29, 1.82) is 0 Å². The maximum absolute atomic E-state index is 12.4. The lowest BCUT2D eigenvalue weighted by atomic mass is 9.99. The molecule has 0 spiro atoms. The maximum atomic E-state index is 12.4. The van der Waals surface area contributed by atoms with E-state index in [-0.39, 0.29) is 18.5 Å². The minimum Gasteiger partial charge on any atom is -0.325 e. The molecule has 26 heavy (non-hydrogen) atoms. The monoisotopic (exact) mass is 344 g/mol. The molecule has 3 aromatic rings. The van der Waals surface area contributed by atoms with Crippen LogP contribution in [-0.2, 0) is 4.79 Å². The van der Waals surface area contributed by atoms with Crippen molar-refractivity contribution in [2.45, 2.75) is 19.9 Å². The van der Waals surface area contributed by atoms with Crippen LogP contribution in [0.25, 0.3) is 0 Å².